The average molecular weight is 313 g/mol. The zero-order valence-corrected chi connectivity index (χ0v) is 13.0. The molecule has 6 nitrogen and oxygen atoms in total. The number of para-hydroxylation sites is 1. The third-order valence-corrected chi connectivity index (χ3v) is 4.11. The van der Waals surface area contributed by atoms with Crippen molar-refractivity contribution in [1.29, 1.82) is 0 Å². The highest BCUT2D eigenvalue weighted by molar-refractivity contribution is 5.94. The smallest absolute Gasteiger partial charge is 0.305 e. The quantitative estimate of drug-likeness (QED) is 0.882. The van der Waals surface area contributed by atoms with Gasteiger partial charge < -0.3 is 10.4 Å². The summed E-state index contributed by atoms with van der Waals surface area (Å²) < 4.78 is 1.86. The van der Waals surface area contributed by atoms with E-state index in [0.717, 1.165) is 41.8 Å². The summed E-state index contributed by atoms with van der Waals surface area (Å²) in [7, 11) is 0. The molecular formula is C17H19N3O3. The predicted molar refractivity (Wildman–Crippen MR) is 84.9 cm³/mol. The Morgan fingerprint density at radius 3 is 2.83 bits per heavy atom. The zero-order chi connectivity index (χ0) is 16.4. The predicted octanol–water partition coefficient (Wildman–Crippen LogP) is 1.87. The van der Waals surface area contributed by atoms with Gasteiger partial charge in [0.25, 0.3) is 5.91 Å². The van der Waals surface area contributed by atoms with Crippen molar-refractivity contribution in [3.63, 3.8) is 0 Å². The number of hydrogen-bond donors (Lipinski definition) is 2. The summed E-state index contributed by atoms with van der Waals surface area (Å²) >= 11 is 0. The summed E-state index contributed by atoms with van der Waals surface area (Å²) in [5.74, 6) is -1.22. The molecule has 0 saturated heterocycles. The van der Waals surface area contributed by atoms with Crippen LogP contribution in [0.5, 0.6) is 0 Å². The standard InChI is InChI=1S/C17H19N3O3/c1-11-5-2-3-7-13(11)20-14-8-4-6-12(14)16(19-20)17(23)18-10-9-15(21)22/h2-3,5,7H,4,6,8-10H2,1H3,(H,18,23)(H,21,22). The molecule has 0 radical (unpaired) electrons. The molecule has 0 atom stereocenters. The van der Waals surface area contributed by atoms with Crippen molar-refractivity contribution in [1.82, 2.24) is 15.1 Å². The molecule has 0 fully saturated rings. The van der Waals surface area contributed by atoms with Gasteiger partial charge in [0.15, 0.2) is 5.69 Å². The van der Waals surface area contributed by atoms with Gasteiger partial charge in [-0.25, -0.2) is 4.68 Å². The molecule has 1 aliphatic carbocycles. The third-order valence-electron chi connectivity index (χ3n) is 4.11. The fraction of sp³-hybridized carbons (Fsp3) is 0.353. The third kappa shape index (κ3) is 2.97. The molecule has 0 spiro atoms. The maximum Gasteiger partial charge on any atom is 0.305 e. The molecule has 2 N–H and O–H groups in total. The molecule has 23 heavy (non-hydrogen) atoms. The Hall–Kier alpha value is -2.63. The summed E-state index contributed by atoms with van der Waals surface area (Å²) in [5.41, 5.74) is 4.58. The second-order valence-corrected chi connectivity index (χ2v) is 5.73. The highest BCUT2D eigenvalue weighted by Gasteiger charge is 2.27. The van der Waals surface area contributed by atoms with Crippen LogP contribution in [0.1, 0.15) is 40.2 Å². The lowest BCUT2D eigenvalue weighted by Crippen LogP contribution is -2.27. The molecule has 1 amide bonds. The fourth-order valence-electron chi connectivity index (χ4n) is 2.99. The van der Waals surface area contributed by atoms with E-state index < -0.39 is 5.97 Å². The van der Waals surface area contributed by atoms with Crippen LogP contribution in [0, 0.1) is 6.92 Å². The van der Waals surface area contributed by atoms with Gasteiger partial charge in [-0.1, -0.05) is 18.2 Å². The number of carbonyl (C=O) groups excluding carboxylic acids is 1. The molecule has 1 heterocycles. The van der Waals surface area contributed by atoms with Crippen molar-refractivity contribution in [2.24, 2.45) is 0 Å². The van der Waals surface area contributed by atoms with E-state index in [1.807, 2.05) is 35.9 Å². The van der Waals surface area contributed by atoms with Gasteiger partial charge in [-0.15, -0.1) is 0 Å². The van der Waals surface area contributed by atoms with Gasteiger partial charge >= 0.3 is 5.97 Å². The first-order chi connectivity index (χ1) is 11.1. The van der Waals surface area contributed by atoms with E-state index in [9.17, 15) is 9.59 Å². The van der Waals surface area contributed by atoms with Crippen LogP contribution in [0.25, 0.3) is 5.69 Å². The topological polar surface area (TPSA) is 84.2 Å². The fourth-order valence-corrected chi connectivity index (χ4v) is 2.99. The van der Waals surface area contributed by atoms with Crippen LogP contribution < -0.4 is 5.32 Å². The molecule has 6 heteroatoms. The number of rotatable bonds is 5. The monoisotopic (exact) mass is 313 g/mol. The molecule has 0 unspecified atom stereocenters. The minimum absolute atomic E-state index is 0.0908. The number of nitrogens with one attached hydrogen (secondary N) is 1. The van der Waals surface area contributed by atoms with Crippen molar-refractivity contribution >= 4 is 11.9 Å². The van der Waals surface area contributed by atoms with Gasteiger partial charge in [0.1, 0.15) is 0 Å². The maximum absolute atomic E-state index is 12.3. The van der Waals surface area contributed by atoms with Crippen molar-refractivity contribution in [2.45, 2.75) is 32.6 Å². The van der Waals surface area contributed by atoms with Crippen molar-refractivity contribution in [2.75, 3.05) is 6.54 Å². The van der Waals surface area contributed by atoms with Gasteiger partial charge in [-0.05, 0) is 37.8 Å². The highest BCUT2D eigenvalue weighted by atomic mass is 16.4. The minimum Gasteiger partial charge on any atom is -0.481 e. The molecule has 3 rings (SSSR count). The van der Waals surface area contributed by atoms with Gasteiger partial charge in [-0.3, -0.25) is 9.59 Å². The molecule has 1 aromatic heterocycles. The molecule has 1 aromatic carbocycles. The number of aromatic nitrogens is 2. The van der Waals surface area contributed by atoms with Crippen molar-refractivity contribution in [3.05, 3.63) is 46.8 Å². The van der Waals surface area contributed by atoms with Gasteiger partial charge in [0, 0.05) is 17.8 Å². The number of fused-ring (bicyclic) bond motifs is 1. The lowest BCUT2D eigenvalue weighted by Gasteiger charge is -2.08. The highest BCUT2D eigenvalue weighted by Crippen LogP contribution is 2.28. The molecule has 120 valence electrons. The van der Waals surface area contributed by atoms with Crippen LogP contribution in [0.15, 0.2) is 24.3 Å². The van der Waals surface area contributed by atoms with E-state index in [2.05, 4.69) is 10.4 Å². The normalized spacial score (nSPS) is 12.9. The lowest BCUT2D eigenvalue weighted by molar-refractivity contribution is -0.136. The Morgan fingerprint density at radius 2 is 2.09 bits per heavy atom. The molecule has 0 bridgehead atoms. The summed E-state index contributed by atoms with van der Waals surface area (Å²) in [6.07, 6.45) is 2.66. The molecule has 1 aliphatic rings. The summed E-state index contributed by atoms with van der Waals surface area (Å²) in [4.78, 5) is 22.9. The van der Waals surface area contributed by atoms with Gasteiger partial charge in [-0.2, -0.15) is 5.10 Å². The van der Waals surface area contributed by atoms with Crippen LogP contribution in [0.2, 0.25) is 0 Å². The Bertz CT molecular complexity index is 764. The lowest BCUT2D eigenvalue weighted by atomic mass is 10.2. The van der Waals surface area contributed by atoms with E-state index in [4.69, 9.17) is 5.11 Å². The second-order valence-electron chi connectivity index (χ2n) is 5.73. The first-order valence-corrected chi connectivity index (χ1v) is 7.74. The summed E-state index contributed by atoms with van der Waals surface area (Å²) in [6, 6.07) is 7.94. The Labute approximate surface area is 134 Å². The van der Waals surface area contributed by atoms with E-state index in [1.165, 1.54) is 0 Å². The van der Waals surface area contributed by atoms with Crippen LogP contribution in [-0.4, -0.2) is 33.3 Å². The SMILES string of the molecule is Cc1ccccc1-n1nc(C(=O)NCCC(=O)O)c2c1CCC2. The number of carboxylic acid groups (broad SMARTS) is 1. The van der Waals surface area contributed by atoms with E-state index >= 15 is 0 Å². The Balaban J connectivity index is 1.91. The minimum atomic E-state index is -0.930. The molecule has 2 aromatic rings. The Kier molecular flexibility index (Phi) is 4.14. The molecule has 0 saturated carbocycles. The zero-order valence-electron chi connectivity index (χ0n) is 13.0. The van der Waals surface area contributed by atoms with Crippen molar-refractivity contribution < 1.29 is 14.7 Å². The maximum atomic E-state index is 12.3. The number of nitrogens with zero attached hydrogens (tertiary/aromatic N) is 2. The van der Waals surface area contributed by atoms with E-state index in [0.29, 0.717) is 5.69 Å². The van der Waals surface area contributed by atoms with Crippen LogP contribution in [-0.2, 0) is 17.6 Å². The first-order valence-electron chi connectivity index (χ1n) is 7.74. The number of hydrogen-bond acceptors (Lipinski definition) is 3. The number of carboxylic acids is 1. The summed E-state index contributed by atoms with van der Waals surface area (Å²) in [6.45, 7) is 2.13. The van der Waals surface area contributed by atoms with Gasteiger partial charge in [0.05, 0.1) is 12.1 Å². The summed E-state index contributed by atoms with van der Waals surface area (Å²) in [5, 5.41) is 15.8. The average Bonchev–Trinajstić information content (AvgIpc) is 3.09. The molecular weight excluding hydrogens is 294 g/mol. The molecule has 0 aliphatic heterocycles. The number of aryl methyl sites for hydroxylation is 1. The largest absolute Gasteiger partial charge is 0.481 e. The van der Waals surface area contributed by atoms with Crippen molar-refractivity contribution in [3.8, 4) is 5.69 Å². The Morgan fingerprint density at radius 1 is 1.30 bits per heavy atom. The van der Waals surface area contributed by atoms with E-state index in [-0.39, 0.29) is 18.9 Å². The van der Waals surface area contributed by atoms with Gasteiger partial charge in [0.2, 0.25) is 0 Å². The van der Waals surface area contributed by atoms with Crippen LogP contribution in [0.4, 0.5) is 0 Å². The second kappa shape index (κ2) is 6.24. The van der Waals surface area contributed by atoms with E-state index in [1.54, 1.807) is 0 Å². The van der Waals surface area contributed by atoms with Crippen LogP contribution >= 0.6 is 0 Å². The van der Waals surface area contributed by atoms with Crippen LogP contribution in [0.3, 0.4) is 0 Å². The number of amides is 1. The number of aliphatic carboxylic acids is 1. The number of benzene rings is 1. The number of carbonyl (C=O) groups is 2. The first kappa shape index (κ1) is 15.3.